The van der Waals surface area contributed by atoms with Gasteiger partial charge in [0.1, 0.15) is 0 Å². The number of hydrogen-bond donors (Lipinski definition) is 1. The largest absolute Gasteiger partial charge is 0.349 e. The Kier molecular flexibility index (Phi) is 4.59. The maximum absolute atomic E-state index is 13.4. The number of carbonyl (C=O) groups excluding carboxylic acids is 2. The van der Waals surface area contributed by atoms with Crippen LogP contribution in [0.5, 0.6) is 0 Å². The van der Waals surface area contributed by atoms with Crippen molar-refractivity contribution in [3.8, 4) is 11.1 Å². The van der Waals surface area contributed by atoms with Gasteiger partial charge in [-0.15, -0.1) is 0 Å². The van der Waals surface area contributed by atoms with Crippen LogP contribution in [0.4, 0.5) is 0 Å². The molecule has 1 aliphatic carbocycles. The molecule has 3 nitrogen and oxygen atoms in total. The second kappa shape index (κ2) is 7.20. The van der Waals surface area contributed by atoms with E-state index < -0.39 is 0 Å². The van der Waals surface area contributed by atoms with Crippen molar-refractivity contribution in [3.63, 3.8) is 0 Å². The molecule has 134 valence electrons. The van der Waals surface area contributed by atoms with Crippen molar-refractivity contribution in [1.29, 1.82) is 0 Å². The van der Waals surface area contributed by atoms with E-state index in [0.717, 1.165) is 29.5 Å². The average Bonchev–Trinajstić information content (AvgIpc) is 3.52. The molecule has 0 atom stereocenters. The van der Waals surface area contributed by atoms with Gasteiger partial charge in [-0.05, 0) is 42.5 Å². The van der Waals surface area contributed by atoms with E-state index in [1.165, 1.54) is 0 Å². The first-order chi connectivity index (χ1) is 13.1. The van der Waals surface area contributed by atoms with Crippen LogP contribution < -0.4 is 5.32 Å². The smallest absolute Gasteiger partial charge is 0.252 e. The topological polar surface area (TPSA) is 46.2 Å². The number of rotatable bonds is 5. The quantitative estimate of drug-likeness (QED) is 0.669. The molecule has 0 bridgehead atoms. The maximum Gasteiger partial charge on any atom is 0.252 e. The SMILES string of the molecule is Cc1ccc(C(=O)NC2CC2)c(C(=O)c2ccccc2)c1-c1ccccc1. The molecule has 0 aromatic heterocycles. The van der Waals surface area contributed by atoms with Gasteiger partial charge in [-0.1, -0.05) is 66.7 Å². The van der Waals surface area contributed by atoms with Gasteiger partial charge in [0.15, 0.2) is 5.78 Å². The van der Waals surface area contributed by atoms with Gasteiger partial charge in [0.2, 0.25) is 0 Å². The Bertz CT molecular complexity index is 990. The molecule has 0 radical (unpaired) electrons. The van der Waals surface area contributed by atoms with E-state index in [4.69, 9.17) is 0 Å². The van der Waals surface area contributed by atoms with E-state index in [1.54, 1.807) is 18.2 Å². The Morgan fingerprint density at radius 1 is 0.852 bits per heavy atom. The summed E-state index contributed by atoms with van der Waals surface area (Å²) >= 11 is 0. The van der Waals surface area contributed by atoms with Crippen molar-refractivity contribution in [2.75, 3.05) is 0 Å². The van der Waals surface area contributed by atoms with Crippen LogP contribution in [-0.2, 0) is 0 Å². The number of benzene rings is 3. The third-order valence-corrected chi connectivity index (χ3v) is 4.90. The highest BCUT2D eigenvalue weighted by Crippen LogP contribution is 2.32. The van der Waals surface area contributed by atoms with Crippen LogP contribution in [0, 0.1) is 6.92 Å². The number of nitrogens with one attached hydrogen (secondary N) is 1. The molecule has 4 rings (SSSR count). The van der Waals surface area contributed by atoms with Crippen LogP contribution >= 0.6 is 0 Å². The van der Waals surface area contributed by atoms with Gasteiger partial charge in [-0.2, -0.15) is 0 Å². The lowest BCUT2D eigenvalue weighted by molar-refractivity contribution is 0.0940. The predicted molar refractivity (Wildman–Crippen MR) is 107 cm³/mol. The summed E-state index contributed by atoms with van der Waals surface area (Å²) in [5.74, 6) is -0.298. The minimum absolute atomic E-state index is 0.126. The number of hydrogen-bond acceptors (Lipinski definition) is 2. The molecule has 0 unspecified atom stereocenters. The van der Waals surface area contributed by atoms with E-state index in [0.29, 0.717) is 16.7 Å². The molecule has 1 aliphatic rings. The van der Waals surface area contributed by atoms with E-state index >= 15 is 0 Å². The molecular formula is C24H21NO2. The second-order valence-corrected chi connectivity index (χ2v) is 6.99. The average molecular weight is 355 g/mol. The van der Waals surface area contributed by atoms with Gasteiger partial charge in [-0.25, -0.2) is 0 Å². The Labute approximate surface area is 159 Å². The minimum atomic E-state index is -0.172. The normalized spacial score (nSPS) is 13.2. The highest BCUT2D eigenvalue weighted by Gasteiger charge is 2.28. The van der Waals surface area contributed by atoms with Crippen LogP contribution in [0.1, 0.15) is 44.7 Å². The fourth-order valence-electron chi connectivity index (χ4n) is 3.33. The molecule has 1 N–H and O–H groups in total. The fourth-order valence-corrected chi connectivity index (χ4v) is 3.33. The summed E-state index contributed by atoms with van der Waals surface area (Å²) in [6.07, 6.45) is 2.01. The van der Waals surface area contributed by atoms with Crippen molar-refractivity contribution >= 4 is 11.7 Å². The summed E-state index contributed by atoms with van der Waals surface area (Å²) in [5, 5.41) is 3.02. The highest BCUT2D eigenvalue weighted by atomic mass is 16.2. The summed E-state index contributed by atoms with van der Waals surface area (Å²) in [6.45, 7) is 1.98. The van der Waals surface area contributed by atoms with Crippen LogP contribution in [0.25, 0.3) is 11.1 Å². The van der Waals surface area contributed by atoms with E-state index in [1.807, 2.05) is 61.5 Å². The van der Waals surface area contributed by atoms with E-state index in [-0.39, 0.29) is 17.7 Å². The van der Waals surface area contributed by atoms with Crippen molar-refractivity contribution in [2.24, 2.45) is 0 Å². The molecule has 3 aromatic carbocycles. The molecule has 1 saturated carbocycles. The Balaban J connectivity index is 1.92. The fraction of sp³-hybridized carbons (Fsp3) is 0.167. The lowest BCUT2D eigenvalue weighted by Gasteiger charge is -2.17. The lowest BCUT2D eigenvalue weighted by Crippen LogP contribution is -2.27. The molecule has 1 amide bonds. The van der Waals surface area contributed by atoms with Crippen LogP contribution in [-0.4, -0.2) is 17.7 Å². The first kappa shape index (κ1) is 17.2. The van der Waals surface area contributed by atoms with E-state index in [9.17, 15) is 9.59 Å². The highest BCUT2D eigenvalue weighted by molar-refractivity contribution is 6.19. The monoisotopic (exact) mass is 355 g/mol. The molecule has 0 aliphatic heterocycles. The van der Waals surface area contributed by atoms with Crippen molar-refractivity contribution in [3.05, 3.63) is 95.1 Å². The van der Waals surface area contributed by atoms with Gasteiger partial charge < -0.3 is 5.32 Å². The Hall–Kier alpha value is -3.20. The lowest BCUT2D eigenvalue weighted by atomic mass is 9.87. The van der Waals surface area contributed by atoms with Gasteiger partial charge in [0.05, 0.1) is 5.56 Å². The van der Waals surface area contributed by atoms with Gasteiger partial charge in [0, 0.05) is 17.2 Å². The summed E-state index contributed by atoms with van der Waals surface area (Å²) < 4.78 is 0. The number of carbonyl (C=O) groups is 2. The predicted octanol–water partition coefficient (Wildman–Crippen LogP) is 4.79. The van der Waals surface area contributed by atoms with Gasteiger partial charge >= 0.3 is 0 Å². The minimum Gasteiger partial charge on any atom is -0.349 e. The molecule has 3 aromatic rings. The summed E-state index contributed by atoms with van der Waals surface area (Å²) in [6, 6.07) is 22.9. The Morgan fingerprint density at radius 3 is 2.11 bits per heavy atom. The summed E-state index contributed by atoms with van der Waals surface area (Å²) in [4.78, 5) is 26.3. The zero-order valence-corrected chi connectivity index (χ0v) is 15.2. The maximum atomic E-state index is 13.4. The third-order valence-electron chi connectivity index (χ3n) is 4.90. The van der Waals surface area contributed by atoms with Crippen LogP contribution in [0.15, 0.2) is 72.8 Å². The zero-order valence-electron chi connectivity index (χ0n) is 15.2. The standard InChI is InChI=1S/C24H21NO2/c1-16-12-15-20(24(27)25-19-13-14-19)22(21(16)17-8-4-2-5-9-17)23(26)18-10-6-3-7-11-18/h2-12,15,19H,13-14H2,1H3,(H,25,27). The number of amides is 1. The molecule has 27 heavy (non-hydrogen) atoms. The summed E-state index contributed by atoms with van der Waals surface area (Å²) in [5.41, 5.74) is 4.25. The first-order valence-electron chi connectivity index (χ1n) is 9.25. The Morgan fingerprint density at radius 2 is 1.48 bits per heavy atom. The van der Waals surface area contributed by atoms with Gasteiger partial charge in [-0.3, -0.25) is 9.59 Å². The second-order valence-electron chi connectivity index (χ2n) is 6.99. The zero-order chi connectivity index (χ0) is 18.8. The van der Waals surface area contributed by atoms with Crippen molar-refractivity contribution in [1.82, 2.24) is 5.32 Å². The van der Waals surface area contributed by atoms with Crippen molar-refractivity contribution < 1.29 is 9.59 Å². The van der Waals surface area contributed by atoms with Gasteiger partial charge in [0.25, 0.3) is 5.91 Å². The summed E-state index contributed by atoms with van der Waals surface area (Å²) in [7, 11) is 0. The van der Waals surface area contributed by atoms with Crippen LogP contribution in [0.2, 0.25) is 0 Å². The molecule has 0 spiro atoms. The van der Waals surface area contributed by atoms with E-state index in [2.05, 4.69) is 5.32 Å². The number of ketones is 1. The molecular weight excluding hydrogens is 334 g/mol. The molecule has 0 saturated heterocycles. The molecule has 0 heterocycles. The van der Waals surface area contributed by atoms with Crippen molar-refractivity contribution in [2.45, 2.75) is 25.8 Å². The number of aryl methyl sites for hydroxylation is 1. The van der Waals surface area contributed by atoms with Crippen LogP contribution in [0.3, 0.4) is 0 Å². The third kappa shape index (κ3) is 3.54. The first-order valence-corrected chi connectivity index (χ1v) is 9.25. The molecule has 3 heteroatoms. The molecule has 1 fully saturated rings.